The van der Waals surface area contributed by atoms with Gasteiger partial charge < -0.3 is 9.90 Å². The number of benzene rings is 1. The van der Waals surface area contributed by atoms with Crippen LogP contribution < -0.4 is 9.41 Å². The lowest BCUT2D eigenvalue weighted by Gasteiger charge is -2.22. The number of halogens is 1. The summed E-state index contributed by atoms with van der Waals surface area (Å²) in [5.41, 5.74) is 2.39. The molecule has 2 saturated carbocycles. The van der Waals surface area contributed by atoms with Gasteiger partial charge in [-0.15, -0.1) is 0 Å². The summed E-state index contributed by atoms with van der Waals surface area (Å²) < 4.78 is 39.1. The molecule has 0 radical (unpaired) electrons. The quantitative estimate of drug-likeness (QED) is 0.490. The van der Waals surface area contributed by atoms with Crippen LogP contribution in [-0.2, 0) is 14.8 Å². The van der Waals surface area contributed by atoms with Crippen LogP contribution in [0.15, 0.2) is 30.3 Å². The Morgan fingerprint density at radius 1 is 1.17 bits per heavy atom. The van der Waals surface area contributed by atoms with Crippen LogP contribution >= 0.6 is 0 Å². The van der Waals surface area contributed by atoms with E-state index in [0.29, 0.717) is 17.0 Å². The van der Waals surface area contributed by atoms with Crippen LogP contribution in [0.25, 0.3) is 17.3 Å². The first-order valence-corrected chi connectivity index (χ1v) is 13.7. The molecule has 9 heteroatoms. The minimum Gasteiger partial charge on any atom is -0.550 e. The van der Waals surface area contributed by atoms with E-state index in [-0.39, 0.29) is 34.9 Å². The van der Waals surface area contributed by atoms with Gasteiger partial charge in [-0.2, -0.15) is 0 Å². The van der Waals surface area contributed by atoms with Crippen molar-refractivity contribution in [1.82, 2.24) is 9.97 Å². The second kappa shape index (κ2) is 9.00. The first kappa shape index (κ1) is 25.3. The third kappa shape index (κ3) is 5.72. The van der Waals surface area contributed by atoms with Crippen LogP contribution in [0.1, 0.15) is 69.5 Å². The lowest BCUT2D eigenvalue weighted by Crippen LogP contribution is -2.27. The number of rotatable bonds is 10. The normalized spacial score (nSPS) is 18.1. The topological polar surface area (TPSA) is 103 Å². The highest BCUT2D eigenvalue weighted by atomic mass is 32.2. The lowest BCUT2D eigenvalue weighted by atomic mass is 9.86. The van der Waals surface area contributed by atoms with E-state index >= 15 is 0 Å². The number of hydrogen-bond donors (Lipinski definition) is 0. The molecule has 7 nitrogen and oxygen atoms in total. The number of aliphatic carboxylic acids is 1. The third-order valence-electron chi connectivity index (χ3n) is 7.11. The molecule has 1 heterocycles. The van der Waals surface area contributed by atoms with Crippen molar-refractivity contribution >= 4 is 28.0 Å². The Balaban J connectivity index is 1.79. The van der Waals surface area contributed by atoms with E-state index in [0.717, 1.165) is 48.2 Å². The second-order valence-corrected chi connectivity index (χ2v) is 12.5. The second-order valence-electron chi connectivity index (χ2n) is 10.5. The van der Waals surface area contributed by atoms with Gasteiger partial charge in [0, 0.05) is 24.1 Å². The molecule has 0 bridgehead atoms. The van der Waals surface area contributed by atoms with Crippen LogP contribution in [0, 0.1) is 16.6 Å². The smallest absolute Gasteiger partial charge is 0.239 e. The van der Waals surface area contributed by atoms with E-state index in [1.807, 2.05) is 19.9 Å². The molecule has 188 valence electrons. The number of sulfonamides is 1. The fraction of sp³-hybridized carbons (Fsp3) is 0.500. The highest BCUT2D eigenvalue weighted by molar-refractivity contribution is 7.92. The molecule has 2 aliphatic rings. The standard InChI is InChI=1S/C26H32FN3O4S/c1-17(2)22-20(9-10-25(11-12-25)16-26(13-14-26)15-21(31)32)23(18-5-7-19(27)8-6-18)29-24(28-22)30(3)35(4,33)34/h5-10,17H,11-16H2,1-4H3,(H,31,32)/p-1/b10-9+. The molecule has 0 saturated heterocycles. The van der Waals surface area contributed by atoms with Gasteiger partial charge in [0.15, 0.2) is 0 Å². The maximum absolute atomic E-state index is 13.7. The highest BCUT2D eigenvalue weighted by Crippen LogP contribution is 2.63. The number of carboxylic acid groups (broad SMARTS) is 1. The SMILES string of the molecule is CC(C)c1nc(N(C)S(C)(=O)=O)nc(-c2ccc(F)cc2)c1/C=C/C1(CC2(CC(=O)[O-])CC2)CC1. The van der Waals surface area contributed by atoms with Crippen molar-refractivity contribution in [3.63, 3.8) is 0 Å². The number of anilines is 1. The van der Waals surface area contributed by atoms with Gasteiger partial charge >= 0.3 is 0 Å². The molecule has 0 unspecified atom stereocenters. The zero-order valence-corrected chi connectivity index (χ0v) is 21.4. The molecular weight excluding hydrogens is 469 g/mol. The Kier molecular flexibility index (Phi) is 6.51. The molecule has 2 fully saturated rings. The van der Waals surface area contributed by atoms with Crippen molar-refractivity contribution in [3.05, 3.63) is 47.4 Å². The Labute approximate surface area is 206 Å². The van der Waals surface area contributed by atoms with Crippen LogP contribution in [0.5, 0.6) is 0 Å². The number of allylic oxidation sites excluding steroid dienone is 1. The van der Waals surface area contributed by atoms with Crippen molar-refractivity contribution in [2.75, 3.05) is 17.6 Å². The van der Waals surface area contributed by atoms with Crippen LogP contribution in [0.4, 0.5) is 10.3 Å². The minimum absolute atomic E-state index is 0.0356. The molecule has 4 rings (SSSR count). The van der Waals surface area contributed by atoms with E-state index in [1.165, 1.54) is 19.2 Å². The van der Waals surface area contributed by atoms with E-state index < -0.39 is 16.0 Å². The summed E-state index contributed by atoms with van der Waals surface area (Å²) in [4.78, 5) is 20.4. The maximum Gasteiger partial charge on any atom is 0.239 e. The zero-order chi connectivity index (χ0) is 25.6. The molecule has 2 aliphatic carbocycles. The Morgan fingerprint density at radius 3 is 2.29 bits per heavy atom. The fourth-order valence-electron chi connectivity index (χ4n) is 4.66. The summed E-state index contributed by atoms with van der Waals surface area (Å²) >= 11 is 0. The molecule has 1 aromatic carbocycles. The Morgan fingerprint density at radius 2 is 1.80 bits per heavy atom. The van der Waals surface area contributed by atoms with E-state index in [9.17, 15) is 22.7 Å². The molecule has 2 aromatic rings. The van der Waals surface area contributed by atoms with E-state index in [2.05, 4.69) is 16.0 Å². The first-order chi connectivity index (χ1) is 16.3. The van der Waals surface area contributed by atoms with Crippen molar-refractivity contribution in [2.24, 2.45) is 10.8 Å². The number of nitrogens with zero attached hydrogens (tertiary/aromatic N) is 3. The minimum atomic E-state index is -3.59. The van der Waals surface area contributed by atoms with Gasteiger partial charge in [-0.25, -0.2) is 27.1 Å². The third-order valence-corrected chi connectivity index (χ3v) is 8.26. The monoisotopic (exact) mass is 500 g/mol. The highest BCUT2D eigenvalue weighted by Gasteiger charge is 2.52. The summed E-state index contributed by atoms with van der Waals surface area (Å²) in [6.45, 7) is 3.95. The summed E-state index contributed by atoms with van der Waals surface area (Å²) in [6, 6.07) is 5.93. The molecule has 35 heavy (non-hydrogen) atoms. The molecule has 0 atom stereocenters. The van der Waals surface area contributed by atoms with E-state index in [4.69, 9.17) is 0 Å². The molecule has 0 spiro atoms. The zero-order valence-electron chi connectivity index (χ0n) is 20.5. The Hall–Kier alpha value is -2.81. The van der Waals surface area contributed by atoms with E-state index in [1.54, 1.807) is 12.1 Å². The van der Waals surface area contributed by atoms with Gasteiger partial charge in [0.2, 0.25) is 16.0 Å². The fourth-order valence-corrected chi connectivity index (χ4v) is 5.04. The number of carbonyl (C=O) groups excluding carboxylic acids is 1. The van der Waals surface area contributed by atoms with Crippen LogP contribution in [0.3, 0.4) is 0 Å². The van der Waals surface area contributed by atoms with Crippen LogP contribution in [0.2, 0.25) is 0 Å². The molecule has 1 aromatic heterocycles. The summed E-state index contributed by atoms with van der Waals surface area (Å²) in [5.74, 6) is -1.36. The average Bonchev–Trinajstić information content (AvgIpc) is 3.70. The van der Waals surface area contributed by atoms with Gasteiger partial charge in [0.1, 0.15) is 5.82 Å². The predicted octanol–water partition coefficient (Wildman–Crippen LogP) is 3.91. The predicted molar refractivity (Wildman–Crippen MR) is 131 cm³/mol. The number of hydrogen-bond acceptors (Lipinski definition) is 6. The first-order valence-electron chi connectivity index (χ1n) is 11.8. The van der Waals surface area contributed by atoms with Gasteiger partial charge in [0.25, 0.3) is 0 Å². The molecule has 0 N–H and O–H groups in total. The van der Waals surface area contributed by atoms with Crippen molar-refractivity contribution in [2.45, 2.75) is 58.3 Å². The van der Waals surface area contributed by atoms with Gasteiger partial charge in [-0.3, -0.25) is 0 Å². The van der Waals surface area contributed by atoms with Gasteiger partial charge in [-0.05, 0) is 79.5 Å². The van der Waals surface area contributed by atoms with Gasteiger partial charge in [-0.1, -0.05) is 26.0 Å². The van der Waals surface area contributed by atoms with Gasteiger partial charge in [0.05, 0.1) is 17.6 Å². The van der Waals surface area contributed by atoms with Crippen molar-refractivity contribution in [3.8, 4) is 11.3 Å². The Bertz CT molecular complexity index is 1260. The van der Waals surface area contributed by atoms with Crippen LogP contribution in [-0.4, -0.2) is 37.7 Å². The summed E-state index contributed by atoms with van der Waals surface area (Å²) in [7, 11) is -2.18. The molecule has 0 amide bonds. The number of aromatic nitrogens is 2. The number of carbonyl (C=O) groups is 1. The lowest BCUT2D eigenvalue weighted by molar-refractivity contribution is -0.307. The molecular formula is C26H31FN3O4S-. The molecule has 0 aliphatic heterocycles. The summed E-state index contributed by atoms with van der Waals surface area (Å²) in [5, 5.41) is 11.2. The number of carboxylic acids is 1. The summed E-state index contributed by atoms with van der Waals surface area (Å²) in [6.07, 6.45) is 9.90. The maximum atomic E-state index is 13.7. The van der Waals surface area contributed by atoms with Crippen molar-refractivity contribution < 1.29 is 22.7 Å². The van der Waals surface area contributed by atoms with Crippen molar-refractivity contribution in [1.29, 1.82) is 0 Å². The average molecular weight is 501 g/mol. The largest absolute Gasteiger partial charge is 0.550 e.